The predicted molar refractivity (Wildman–Crippen MR) is 294 cm³/mol. The molecular formula is C68H47N. The molecule has 1 nitrogen and oxygen atoms in total. The molecule has 0 atom stereocenters. The Balaban J connectivity index is 1.09. The molecule has 0 saturated carbocycles. The third-order valence-electron chi connectivity index (χ3n) is 13.5. The first-order valence-corrected chi connectivity index (χ1v) is 23.7. The first-order chi connectivity index (χ1) is 34.2. The summed E-state index contributed by atoms with van der Waals surface area (Å²) in [6.07, 6.45) is 0. The van der Waals surface area contributed by atoms with E-state index in [0.29, 0.717) is 0 Å². The van der Waals surface area contributed by atoms with Crippen molar-refractivity contribution in [1.29, 1.82) is 0 Å². The molecule has 324 valence electrons. The largest absolute Gasteiger partial charge is 0.310 e. The summed E-state index contributed by atoms with van der Waals surface area (Å²) in [5.41, 5.74) is 19.9. The third kappa shape index (κ3) is 7.97. The van der Waals surface area contributed by atoms with Gasteiger partial charge < -0.3 is 4.90 Å². The molecule has 0 spiro atoms. The standard InChI is InChI=1S/C68H47N/c1-7-21-48(22-8-1)56-38-44-66(64(46-56)52-27-13-4-14-28-52)69(57-39-35-49(36-40-57)55-37-42-59(50-23-9-2-10-24-50)63(45-55)51-25-11-3-12-26-51)58-41-43-61-60-33-19-20-34-62(60)67(53-29-15-5-16-30-53)68(65(61)47-58)54-31-17-6-18-32-54/h1-47H. The van der Waals surface area contributed by atoms with Crippen molar-refractivity contribution in [3.63, 3.8) is 0 Å². The molecule has 0 saturated heterocycles. The van der Waals surface area contributed by atoms with Crippen LogP contribution in [0.4, 0.5) is 17.1 Å². The molecule has 0 bridgehead atoms. The van der Waals surface area contributed by atoms with Gasteiger partial charge in [0.2, 0.25) is 0 Å². The Morgan fingerprint density at radius 3 is 1.13 bits per heavy atom. The Morgan fingerprint density at radius 1 is 0.188 bits per heavy atom. The predicted octanol–water partition coefficient (Wildman–Crippen LogP) is 19.1. The molecule has 0 N–H and O–H groups in total. The molecule has 0 aliphatic carbocycles. The molecule has 0 heterocycles. The van der Waals surface area contributed by atoms with Crippen LogP contribution in [0.3, 0.4) is 0 Å². The van der Waals surface area contributed by atoms with Crippen molar-refractivity contribution < 1.29 is 0 Å². The maximum absolute atomic E-state index is 2.46. The zero-order valence-corrected chi connectivity index (χ0v) is 38.1. The van der Waals surface area contributed by atoms with Crippen LogP contribution in [-0.4, -0.2) is 0 Å². The number of nitrogens with zero attached hydrogens (tertiary/aromatic N) is 1. The van der Waals surface area contributed by atoms with Crippen LogP contribution in [0.25, 0.3) is 99.4 Å². The van der Waals surface area contributed by atoms with Crippen molar-refractivity contribution in [3.8, 4) is 77.9 Å². The minimum Gasteiger partial charge on any atom is -0.310 e. The molecule has 69 heavy (non-hydrogen) atoms. The van der Waals surface area contributed by atoms with Gasteiger partial charge >= 0.3 is 0 Å². The number of anilines is 3. The Morgan fingerprint density at radius 2 is 0.565 bits per heavy atom. The van der Waals surface area contributed by atoms with Crippen molar-refractivity contribution in [1.82, 2.24) is 0 Å². The fourth-order valence-electron chi connectivity index (χ4n) is 10.2. The molecule has 0 aliphatic heterocycles. The summed E-state index contributed by atoms with van der Waals surface area (Å²) < 4.78 is 0. The molecular weight excluding hydrogens is 831 g/mol. The van der Waals surface area contributed by atoms with Crippen molar-refractivity contribution in [2.75, 3.05) is 4.90 Å². The zero-order valence-electron chi connectivity index (χ0n) is 38.1. The number of hydrogen-bond donors (Lipinski definition) is 0. The fourth-order valence-corrected chi connectivity index (χ4v) is 10.2. The summed E-state index contributed by atoms with van der Waals surface area (Å²) in [5.74, 6) is 0. The summed E-state index contributed by atoms with van der Waals surface area (Å²) in [6.45, 7) is 0. The molecule has 0 aromatic heterocycles. The highest BCUT2D eigenvalue weighted by Gasteiger charge is 2.23. The SMILES string of the molecule is c1ccc(-c2ccc(N(c3ccc(-c4ccc(-c5ccccc5)c(-c5ccccc5)c4)cc3)c3ccc4c(c3)c(-c3ccccc3)c(-c3ccccc3)c3ccccc34)c(-c3ccccc3)c2)cc1. The minimum absolute atomic E-state index is 1.07. The maximum atomic E-state index is 2.46. The lowest BCUT2D eigenvalue weighted by atomic mass is 9.85. The van der Waals surface area contributed by atoms with E-state index in [-0.39, 0.29) is 0 Å². The summed E-state index contributed by atoms with van der Waals surface area (Å²) in [5, 5.41) is 4.90. The van der Waals surface area contributed by atoms with E-state index in [1.165, 1.54) is 82.7 Å². The van der Waals surface area contributed by atoms with Gasteiger partial charge in [0, 0.05) is 16.9 Å². The van der Waals surface area contributed by atoms with Crippen LogP contribution >= 0.6 is 0 Å². The topological polar surface area (TPSA) is 3.24 Å². The maximum Gasteiger partial charge on any atom is 0.0540 e. The van der Waals surface area contributed by atoms with E-state index < -0.39 is 0 Å². The van der Waals surface area contributed by atoms with Gasteiger partial charge in [-0.2, -0.15) is 0 Å². The van der Waals surface area contributed by atoms with Gasteiger partial charge in [0.1, 0.15) is 0 Å². The highest BCUT2D eigenvalue weighted by atomic mass is 15.1. The Bertz CT molecular complexity index is 3720. The summed E-state index contributed by atoms with van der Waals surface area (Å²) in [7, 11) is 0. The van der Waals surface area contributed by atoms with E-state index in [1.807, 2.05) is 0 Å². The molecule has 0 fully saturated rings. The second-order valence-electron chi connectivity index (χ2n) is 17.6. The average Bonchev–Trinajstić information content (AvgIpc) is 3.44. The molecule has 12 rings (SSSR count). The lowest BCUT2D eigenvalue weighted by Gasteiger charge is -2.29. The Kier molecular flexibility index (Phi) is 11.0. The lowest BCUT2D eigenvalue weighted by molar-refractivity contribution is 1.29. The molecule has 12 aromatic carbocycles. The highest BCUT2D eigenvalue weighted by molar-refractivity contribution is 6.22. The first kappa shape index (κ1) is 41.4. The minimum atomic E-state index is 1.07. The second-order valence-corrected chi connectivity index (χ2v) is 17.6. The summed E-state index contributed by atoms with van der Waals surface area (Å²) in [4.78, 5) is 2.46. The Labute approximate surface area is 404 Å². The molecule has 0 aliphatic rings. The van der Waals surface area contributed by atoms with E-state index in [9.17, 15) is 0 Å². The van der Waals surface area contributed by atoms with Crippen molar-refractivity contribution in [3.05, 3.63) is 285 Å². The van der Waals surface area contributed by atoms with E-state index in [1.54, 1.807) is 0 Å². The van der Waals surface area contributed by atoms with Gasteiger partial charge in [-0.3, -0.25) is 0 Å². The second kappa shape index (κ2) is 18.3. The molecule has 1 heteroatoms. The van der Waals surface area contributed by atoms with Crippen molar-refractivity contribution in [2.24, 2.45) is 0 Å². The van der Waals surface area contributed by atoms with Crippen LogP contribution in [0, 0.1) is 0 Å². The number of rotatable bonds is 10. The van der Waals surface area contributed by atoms with Crippen molar-refractivity contribution >= 4 is 38.6 Å². The van der Waals surface area contributed by atoms with Gasteiger partial charge in [0.05, 0.1) is 5.69 Å². The first-order valence-electron chi connectivity index (χ1n) is 23.7. The molecule has 0 amide bonds. The van der Waals surface area contributed by atoms with Gasteiger partial charge in [-0.15, -0.1) is 0 Å². The van der Waals surface area contributed by atoms with Crippen LogP contribution in [0.15, 0.2) is 285 Å². The normalized spacial score (nSPS) is 11.2. The molecule has 0 unspecified atom stereocenters. The van der Waals surface area contributed by atoms with Crippen molar-refractivity contribution in [2.45, 2.75) is 0 Å². The third-order valence-corrected chi connectivity index (χ3v) is 13.5. The van der Waals surface area contributed by atoms with Gasteiger partial charge in [-0.1, -0.05) is 243 Å². The average molecular weight is 878 g/mol. The van der Waals surface area contributed by atoms with Crippen LogP contribution < -0.4 is 4.90 Å². The zero-order chi connectivity index (χ0) is 45.9. The molecule has 0 radical (unpaired) electrons. The van der Waals surface area contributed by atoms with Gasteiger partial charge in [-0.25, -0.2) is 0 Å². The van der Waals surface area contributed by atoms with E-state index in [0.717, 1.165) is 33.8 Å². The van der Waals surface area contributed by atoms with Gasteiger partial charge in [0.15, 0.2) is 0 Å². The fraction of sp³-hybridized carbons (Fsp3) is 0. The smallest absolute Gasteiger partial charge is 0.0540 e. The highest BCUT2D eigenvalue weighted by Crippen LogP contribution is 2.49. The van der Waals surface area contributed by atoms with Gasteiger partial charge in [0.25, 0.3) is 0 Å². The number of fused-ring (bicyclic) bond motifs is 3. The summed E-state index contributed by atoms with van der Waals surface area (Å²) in [6, 6.07) is 104. The van der Waals surface area contributed by atoms with Crippen LogP contribution in [0.2, 0.25) is 0 Å². The summed E-state index contributed by atoms with van der Waals surface area (Å²) >= 11 is 0. The van der Waals surface area contributed by atoms with Crippen LogP contribution in [0.5, 0.6) is 0 Å². The lowest BCUT2D eigenvalue weighted by Crippen LogP contribution is -2.11. The number of hydrogen-bond acceptors (Lipinski definition) is 1. The number of benzene rings is 12. The van der Waals surface area contributed by atoms with E-state index in [2.05, 4.69) is 290 Å². The van der Waals surface area contributed by atoms with E-state index in [4.69, 9.17) is 0 Å². The monoisotopic (exact) mass is 877 g/mol. The van der Waals surface area contributed by atoms with Gasteiger partial charge in [-0.05, 0) is 136 Å². The molecule has 12 aromatic rings. The van der Waals surface area contributed by atoms with Crippen LogP contribution in [-0.2, 0) is 0 Å². The van der Waals surface area contributed by atoms with Crippen LogP contribution in [0.1, 0.15) is 0 Å². The Hall–Kier alpha value is -9.04. The quantitative estimate of drug-likeness (QED) is 0.124. The van der Waals surface area contributed by atoms with E-state index >= 15 is 0 Å².